The summed E-state index contributed by atoms with van der Waals surface area (Å²) in [5, 5.41) is 12.4. The summed E-state index contributed by atoms with van der Waals surface area (Å²) in [6.07, 6.45) is 5.60. The zero-order chi connectivity index (χ0) is 10.0. The minimum atomic E-state index is -0.261. The molecule has 1 heterocycles. The summed E-state index contributed by atoms with van der Waals surface area (Å²) in [5.74, 6) is 0. The fourth-order valence-electron chi connectivity index (χ4n) is 2.16. The Bertz CT molecular complexity index is 356. The zero-order valence-corrected chi connectivity index (χ0v) is 9.23. The Balaban J connectivity index is 2.32. The minimum absolute atomic E-state index is 0.261. The van der Waals surface area contributed by atoms with Gasteiger partial charge in [-0.05, 0) is 19.8 Å². The summed E-state index contributed by atoms with van der Waals surface area (Å²) in [4.78, 5) is 4.47. The highest BCUT2D eigenvalue weighted by Crippen LogP contribution is 2.38. The molecule has 74 valence electrons. The highest BCUT2D eigenvalue weighted by molar-refractivity contribution is 7.09. The van der Waals surface area contributed by atoms with Gasteiger partial charge in [0.25, 0.3) is 0 Å². The molecule has 1 aliphatic carbocycles. The third-order valence-electron chi connectivity index (χ3n) is 3.03. The Morgan fingerprint density at radius 1 is 1.43 bits per heavy atom. The van der Waals surface area contributed by atoms with Crippen molar-refractivity contribution in [3.05, 3.63) is 16.1 Å². The molecule has 1 aromatic rings. The lowest BCUT2D eigenvalue weighted by Crippen LogP contribution is -2.27. The first kappa shape index (κ1) is 9.67. The molecule has 2 nitrogen and oxygen atoms in total. The van der Waals surface area contributed by atoms with Crippen LogP contribution >= 0.6 is 11.3 Å². The summed E-state index contributed by atoms with van der Waals surface area (Å²) in [5.41, 5.74) is 0.755. The van der Waals surface area contributed by atoms with E-state index in [0.717, 1.165) is 23.5 Å². The van der Waals surface area contributed by atoms with E-state index in [4.69, 9.17) is 0 Å². The van der Waals surface area contributed by atoms with Gasteiger partial charge in [0.2, 0.25) is 0 Å². The molecule has 14 heavy (non-hydrogen) atoms. The summed E-state index contributed by atoms with van der Waals surface area (Å²) >= 11 is 1.65. The number of nitrogens with zero attached hydrogens (tertiary/aromatic N) is 2. The molecule has 0 aromatic carbocycles. The van der Waals surface area contributed by atoms with Crippen molar-refractivity contribution >= 4 is 11.3 Å². The molecule has 0 atom stereocenters. The normalized spacial score (nSPS) is 20.3. The molecule has 0 radical (unpaired) electrons. The molecule has 1 fully saturated rings. The number of rotatable bonds is 1. The second-order valence-corrected chi connectivity index (χ2v) is 5.07. The van der Waals surface area contributed by atoms with Crippen molar-refractivity contribution in [1.82, 2.24) is 4.98 Å². The maximum Gasteiger partial charge on any atom is 0.100 e. The van der Waals surface area contributed by atoms with E-state index in [1.54, 1.807) is 11.3 Å². The number of nitriles is 1. The van der Waals surface area contributed by atoms with Crippen molar-refractivity contribution in [2.24, 2.45) is 0 Å². The Labute approximate surface area is 88.6 Å². The van der Waals surface area contributed by atoms with Crippen molar-refractivity contribution in [2.75, 3.05) is 0 Å². The molecule has 0 aliphatic heterocycles. The molecule has 2 rings (SSSR count). The zero-order valence-electron chi connectivity index (χ0n) is 8.42. The molecule has 0 bridgehead atoms. The van der Waals surface area contributed by atoms with Crippen molar-refractivity contribution < 1.29 is 0 Å². The highest BCUT2D eigenvalue weighted by atomic mass is 32.1. The Kier molecular flexibility index (Phi) is 2.56. The highest BCUT2D eigenvalue weighted by Gasteiger charge is 2.35. The van der Waals surface area contributed by atoms with E-state index in [1.807, 2.05) is 6.92 Å². The Morgan fingerprint density at radius 3 is 2.64 bits per heavy atom. The van der Waals surface area contributed by atoms with Crippen molar-refractivity contribution in [3.8, 4) is 6.07 Å². The molecule has 0 spiro atoms. The molecule has 0 amide bonds. The van der Waals surface area contributed by atoms with E-state index in [-0.39, 0.29) is 5.41 Å². The lowest BCUT2D eigenvalue weighted by Gasteiger charge is -2.28. The Hall–Kier alpha value is -0.880. The smallest absolute Gasteiger partial charge is 0.100 e. The van der Waals surface area contributed by atoms with Crippen molar-refractivity contribution in [1.29, 1.82) is 5.26 Å². The van der Waals surface area contributed by atoms with E-state index in [2.05, 4.69) is 16.4 Å². The van der Waals surface area contributed by atoms with Gasteiger partial charge in [-0.2, -0.15) is 5.26 Å². The third-order valence-corrected chi connectivity index (χ3v) is 3.80. The lowest BCUT2D eigenvalue weighted by molar-refractivity contribution is 0.359. The van der Waals surface area contributed by atoms with Crippen LogP contribution in [0.5, 0.6) is 0 Å². The second-order valence-electron chi connectivity index (χ2n) is 4.01. The first-order valence-electron chi connectivity index (χ1n) is 5.11. The van der Waals surface area contributed by atoms with E-state index in [9.17, 15) is 5.26 Å². The van der Waals surface area contributed by atoms with Crippen LogP contribution in [-0.4, -0.2) is 4.98 Å². The number of aryl methyl sites for hydroxylation is 1. The first-order chi connectivity index (χ1) is 6.77. The number of hydrogen-bond donors (Lipinski definition) is 0. The average Bonchev–Trinajstić information content (AvgIpc) is 2.66. The van der Waals surface area contributed by atoms with Gasteiger partial charge in [-0.25, -0.2) is 4.98 Å². The number of aromatic nitrogens is 1. The fraction of sp³-hybridized carbons (Fsp3) is 0.636. The van der Waals surface area contributed by atoms with Crippen LogP contribution in [0.2, 0.25) is 0 Å². The predicted molar refractivity (Wildman–Crippen MR) is 57.2 cm³/mol. The topological polar surface area (TPSA) is 36.7 Å². The van der Waals surface area contributed by atoms with Gasteiger partial charge in [0.05, 0.1) is 16.8 Å². The van der Waals surface area contributed by atoms with E-state index >= 15 is 0 Å². The van der Waals surface area contributed by atoms with E-state index in [0.29, 0.717) is 0 Å². The predicted octanol–water partition coefficient (Wildman–Crippen LogP) is 3.18. The van der Waals surface area contributed by atoms with Crippen LogP contribution in [0.3, 0.4) is 0 Å². The molecule has 1 aromatic heterocycles. The van der Waals surface area contributed by atoms with Gasteiger partial charge in [-0.3, -0.25) is 0 Å². The minimum Gasteiger partial charge on any atom is -0.245 e. The second kappa shape index (κ2) is 3.70. The first-order valence-corrected chi connectivity index (χ1v) is 5.99. The summed E-state index contributed by atoms with van der Waals surface area (Å²) in [7, 11) is 0. The van der Waals surface area contributed by atoms with E-state index in [1.165, 1.54) is 19.3 Å². The monoisotopic (exact) mass is 206 g/mol. The molecule has 3 heteroatoms. The lowest BCUT2D eigenvalue weighted by atomic mass is 9.73. The maximum absolute atomic E-state index is 9.32. The summed E-state index contributed by atoms with van der Waals surface area (Å²) in [6.45, 7) is 2.00. The standard InChI is InChI=1S/C11H14N2S/c1-9-13-10(7-14-9)11(8-12)5-3-2-4-6-11/h7H,2-6H2,1H3. The molecule has 0 unspecified atom stereocenters. The number of thiazole rings is 1. The SMILES string of the molecule is Cc1nc(C2(C#N)CCCCC2)cs1. The van der Waals surface area contributed by atoms with Crippen LogP contribution < -0.4 is 0 Å². The van der Waals surface area contributed by atoms with Gasteiger partial charge in [-0.1, -0.05) is 19.3 Å². The van der Waals surface area contributed by atoms with Crippen LogP contribution in [0.4, 0.5) is 0 Å². The Morgan fingerprint density at radius 2 is 2.14 bits per heavy atom. The molecule has 0 N–H and O–H groups in total. The van der Waals surface area contributed by atoms with Crippen LogP contribution in [0.15, 0.2) is 5.38 Å². The van der Waals surface area contributed by atoms with Gasteiger partial charge in [0.1, 0.15) is 5.41 Å². The van der Waals surface area contributed by atoms with Gasteiger partial charge < -0.3 is 0 Å². The van der Waals surface area contributed by atoms with Crippen molar-refractivity contribution in [3.63, 3.8) is 0 Å². The third kappa shape index (κ3) is 1.55. The van der Waals surface area contributed by atoms with Crippen molar-refractivity contribution in [2.45, 2.75) is 44.4 Å². The average molecular weight is 206 g/mol. The maximum atomic E-state index is 9.32. The molecule has 1 saturated carbocycles. The quantitative estimate of drug-likeness (QED) is 0.707. The molecule has 1 aliphatic rings. The van der Waals surface area contributed by atoms with Crippen LogP contribution in [0.1, 0.15) is 42.8 Å². The molecular weight excluding hydrogens is 192 g/mol. The van der Waals surface area contributed by atoms with Crippen LogP contribution in [0.25, 0.3) is 0 Å². The number of hydrogen-bond acceptors (Lipinski definition) is 3. The fourth-order valence-corrected chi connectivity index (χ4v) is 2.88. The van der Waals surface area contributed by atoms with Gasteiger partial charge >= 0.3 is 0 Å². The van der Waals surface area contributed by atoms with Gasteiger partial charge in [-0.15, -0.1) is 11.3 Å². The van der Waals surface area contributed by atoms with Gasteiger partial charge in [0.15, 0.2) is 0 Å². The van der Waals surface area contributed by atoms with Gasteiger partial charge in [0, 0.05) is 5.38 Å². The van der Waals surface area contributed by atoms with E-state index < -0.39 is 0 Å². The van der Waals surface area contributed by atoms with Crippen LogP contribution in [-0.2, 0) is 5.41 Å². The molecule has 0 saturated heterocycles. The molecular formula is C11H14N2S. The van der Waals surface area contributed by atoms with Crippen LogP contribution in [0, 0.1) is 18.3 Å². The summed E-state index contributed by atoms with van der Waals surface area (Å²) < 4.78 is 0. The summed E-state index contributed by atoms with van der Waals surface area (Å²) in [6, 6.07) is 2.49. The largest absolute Gasteiger partial charge is 0.245 e.